The Labute approximate surface area is 114 Å². The van der Waals surface area contributed by atoms with Crippen molar-refractivity contribution in [2.24, 2.45) is 0 Å². The average molecular weight is 272 g/mol. The van der Waals surface area contributed by atoms with Gasteiger partial charge in [0.15, 0.2) is 5.78 Å². The Morgan fingerprint density at radius 3 is 2.40 bits per heavy atom. The van der Waals surface area contributed by atoms with Crippen LogP contribution in [0.4, 0.5) is 10.1 Å². The monoisotopic (exact) mass is 272 g/mol. The second kappa shape index (κ2) is 5.52. The summed E-state index contributed by atoms with van der Waals surface area (Å²) in [4.78, 5) is 22.9. The summed E-state index contributed by atoms with van der Waals surface area (Å²) in [5, 5.41) is 10.6. The third-order valence-electron chi connectivity index (χ3n) is 2.85. The SMILES string of the molecule is Nc1c(CC(=O)[O-])cc(F)cc1C(=O)c1ccccc1. The zero-order valence-corrected chi connectivity index (χ0v) is 10.4. The van der Waals surface area contributed by atoms with Crippen molar-refractivity contribution in [3.8, 4) is 0 Å². The number of hydrogen-bond acceptors (Lipinski definition) is 4. The van der Waals surface area contributed by atoms with E-state index in [9.17, 15) is 19.1 Å². The first-order valence-electron chi connectivity index (χ1n) is 5.86. The molecule has 102 valence electrons. The molecule has 0 amide bonds. The fourth-order valence-electron chi connectivity index (χ4n) is 1.91. The lowest BCUT2D eigenvalue weighted by Crippen LogP contribution is -2.25. The number of carbonyl (C=O) groups is 2. The summed E-state index contributed by atoms with van der Waals surface area (Å²) < 4.78 is 13.5. The van der Waals surface area contributed by atoms with Crippen LogP contribution in [-0.2, 0) is 11.2 Å². The molecule has 0 heterocycles. The number of rotatable bonds is 4. The van der Waals surface area contributed by atoms with Crippen molar-refractivity contribution in [3.63, 3.8) is 0 Å². The first-order chi connectivity index (χ1) is 9.49. The van der Waals surface area contributed by atoms with Gasteiger partial charge in [-0.05, 0) is 17.7 Å². The molecule has 5 heteroatoms. The van der Waals surface area contributed by atoms with Crippen LogP contribution in [0.5, 0.6) is 0 Å². The smallest absolute Gasteiger partial charge is 0.195 e. The van der Waals surface area contributed by atoms with Gasteiger partial charge in [0.1, 0.15) is 5.82 Å². The highest BCUT2D eigenvalue weighted by atomic mass is 19.1. The summed E-state index contributed by atoms with van der Waals surface area (Å²) >= 11 is 0. The molecule has 0 atom stereocenters. The van der Waals surface area contributed by atoms with Crippen LogP contribution in [0.25, 0.3) is 0 Å². The molecule has 4 nitrogen and oxygen atoms in total. The van der Waals surface area contributed by atoms with E-state index in [1.165, 1.54) is 0 Å². The second-order valence-corrected chi connectivity index (χ2v) is 4.27. The normalized spacial score (nSPS) is 10.2. The van der Waals surface area contributed by atoms with Gasteiger partial charge in [0, 0.05) is 29.2 Å². The number of carbonyl (C=O) groups excluding carboxylic acids is 2. The lowest BCUT2D eigenvalue weighted by Gasteiger charge is -2.11. The Kier molecular flexibility index (Phi) is 3.79. The molecule has 2 aromatic rings. The van der Waals surface area contributed by atoms with E-state index in [1.807, 2.05) is 0 Å². The minimum absolute atomic E-state index is 0.0317. The van der Waals surface area contributed by atoms with Crippen LogP contribution in [-0.4, -0.2) is 11.8 Å². The second-order valence-electron chi connectivity index (χ2n) is 4.27. The first kappa shape index (κ1) is 13.7. The molecule has 0 saturated heterocycles. The van der Waals surface area contributed by atoms with Crippen molar-refractivity contribution in [1.29, 1.82) is 0 Å². The van der Waals surface area contributed by atoms with Gasteiger partial charge in [0.25, 0.3) is 0 Å². The Bertz CT molecular complexity index is 668. The molecule has 0 radical (unpaired) electrons. The van der Waals surface area contributed by atoms with Gasteiger partial charge in [-0.3, -0.25) is 4.79 Å². The molecule has 2 N–H and O–H groups in total. The lowest BCUT2D eigenvalue weighted by atomic mass is 9.97. The number of aliphatic carboxylic acids is 1. The number of anilines is 1. The van der Waals surface area contributed by atoms with Crippen LogP contribution in [0.3, 0.4) is 0 Å². The summed E-state index contributed by atoms with van der Waals surface area (Å²) in [5.41, 5.74) is 6.06. The summed E-state index contributed by atoms with van der Waals surface area (Å²) in [7, 11) is 0. The van der Waals surface area contributed by atoms with Gasteiger partial charge in [0.2, 0.25) is 0 Å². The molecule has 0 saturated carbocycles. The van der Waals surface area contributed by atoms with Gasteiger partial charge in [-0.1, -0.05) is 30.3 Å². The van der Waals surface area contributed by atoms with Crippen molar-refractivity contribution < 1.29 is 19.1 Å². The molecule has 0 aromatic heterocycles. The molecular weight excluding hydrogens is 261 g/mol. The van der Waals surface area contributed by atoms with Crippen molar-refractivity contribution in [3.05, 3.63) is 65.0 Å². The maximum absolute atomic E-state index is 13.5. The van der Waals surface area contributed by atoms with Crippen LogP contribution >= 0.6 is 0 Å². The predicted molar refractivity (Wildman–Crippen MR) is 69.4 cm³/mol. The number of carboxylic acids is 1. The van der Waals surface area contributed by atoms with Crippen LogP contribution in [0, 0.1) is 5.82 Å². The molecule has 20 heavy (non-hydrogen) atoms. The van der Waals surface area contributed by atoms with Crippen molar-refractivity contribution in [1.82, 2.24) is 0 Å². The molecule has 0 unspecified atom stereocenters. The minimum Gasteiger partial charge on any atom is -0.550 e. The fourth-order valence-corrected chi connectivity index (χ4v) is 1.91. The number of ketones is 1. The number of nitrogen functional groups attached to an aromatic ring is 1. The number of hydrogen-bond donors (Lipinski definition) is 1. The maximum atomic E-state index is 13.5. The average Bonchev–Trinajstić information content (AvgIpc) is 2.42. The fraction of sp³-hybridized carbons (Fsp3) is 0.0667. The van der Waals surface area contributed by atoms with E-state index in [-0.39, 0.29) is 16.8 Å². The molecule has 0 aliphatic carbocycles. The third-order valence-corrected chi connectivity index (χ3v) is 2.85. The quantitative estimate of drug-likeness (QED) is 0.663. The maximum Gasteiger partial charge on any atom is 0.195 e. The molecule has 0 bridgehead atoms. The van der Waals surface area contributed by atoms with E-state index >= 15 is 0 Å². The lowest BCUT2D eigenvalue weighted by molar-refractivity contribution is -0.304. The minimum atomic E-state index is -1.39. The Morgan fingerprint density at radius 2 is 1.80 bits per heavy atom. The molecule has 2 aromatic carbocycles. The predicted octanol–water partition coefficient (Wildman–Crippen LogP) is 0.931. The van der Waals surface area contributed by atoms with Gasteiger partial charge >= 0.3 is 0 Å². The van der Waals surface area contributed by atoms with Crippen molar-refractivity contribution >= 4 is 17.4 Å². The number of halogens is 1. The molecular formula is C15H11FNO3-. The van der Waals surface area contributed by atoms with E-state index in [1.54, 1.807) is 30.3 Å². The van der Waals surface area contributed by atoms with Crippen molar-refractivity contribution in [2.75, 3.05) is 5.73 Å². The molecule has 2 rings (SSSR count). The van der Waals surface area contributed by atoms with Crippen LogP contribution < -0.4 is 10.8 Å². The summed E-state index contributed by atoms with van der Waals surface area (Å²) in [6.45, 7) is 0. The van der Waals surface area contributed by atoms with Crippen molar-refractivity contribution in [2.45, 2.75) is 6.42 Å². The molecule has 0 aliphatic rings. The van der Waals surface area contributed by atoms with Crippen LogP contribution in [0.1, 0.15) is 21.5 Å². The Balaban J connectivity index is 2.49. The zero-order valence-electron chi connectivity index (χ0n) is 10.4. The Hall–Kier alpha value is -2.69. The van der Waals surface area contributed by atoms with E-state index in [0.717, 1.165) is 12.1 Å². The van der Waals surface area contributed by atoms with Crippen LogP contribution in [0.15, 0.2) is 42.5 Å². The number of nitrogens with two attached hydrogens (primary N) is 1. The standard InChI is InChI=1S/C15H12FNO3/c16-11-6-10(7-13(18)19)14(17)12(8-11)15(20)9-4-2-1-3-5-9/h1-6,8H,7,17H2,(H,18,19)/p-1. The van der Waals surface area contributed by atoms with Gasteiger partial charge in [0.05, 0.1) is 0 Å². The molecule has 0 fully saturated rings. The van der Waals surface area contributed by atoms with E-state index in [4.69, 9.17) is 5.73 Å². The highest BCUT2D eigenvalue weighted by Crippen LogP contribution is 2.23. The molecule has 0 aliphatic heterocycles. The van der Waals surface area contributed by atoms with E-state index in [2.05, 4.69) is 0 Å². The summed E-state index contributed by atoms with van der Waals surface area (Å²) in [6.07, 6.45) is -0.543. The zero-order chi connectivity index (χ0) is 14.7. The molecule has 0 spiro atoms. The highest BCUT2D eigenvalue weighted by Gasteiger charge is 2.16. The third kappa shape index (κ3) is 2.83. The van der Waals surface area contributed by atoms with E-state index < -0.39 is 24.0 Å². The highest BCUT2D eigenvalue weighted by molar-refractivity contribution is 6.12. The topological polar surface area (TPSA) is 83.2 Å². The van der Waals surface area contributed by atoms with Gasteiger partial charge in [-0.2, -0.15) is 0 Å². The van der Waals surface area contributed by atoms with Gasteiger partial charge in [-0.25, -0.2) is 4.39 Å². The van der Waals surface area contributed by atoms with Gasteiger partial charge in [-0.15, -0.1) is 0 Å². The van der Waals surface area contributed by atoms with Crippen LogP contribution in [0.2, 0.25) is 0 Å². The van der Waals surface area contributed by atoms with E-state index in [0.29, 0.717) is 5.56 Å². The number of benzene rings is 2. The summed E-state index contributed by atoms with van der Waals surface area (Å²) in [6, 6.07) is 10.2. The first-order valence-corrected chi connectivity index (χ1v) is 5.86. The number of carboxylic acid groups (broad SMARTS) is 1. The largest absolute Gasteiger partial charge is 0.550 e. The Morgan fingerprint density at radius 1 is 1.15 bits per heavy atom. The van der Waals surface area contributed by atoms with Gasteiger partial charge < -0.3 is 15.6 Å². The summed E-state index contributed by atoms with van der Waals surface area (Å²) in [5.74, 6) is -2.56.